The Morgan fingerprint density at radius 1 is 1.13 bits per heavy atom. The lowest BCUT2D eigenvalue weighted by atomic mass is 10.2. The van der Waals surface area contributed by atoms with E-state index in [-0.39, 0.29) is 11.7 Å². The molecule has 1 amide bonds. The molecule has 0 fully saturated rings. The summed E-state index contributed by atoms with van der Waals surface area (Å²) in [6.45, 7) is 3.92. The van der Waals surface area contributed by atoms with Crippen LogP contribution in [0.3, 0.4) is 0 Å². The number of ether oxygens (including phenoxy) is 1. The third kappa shape index (κ3) is 3.97. The highest BCUT2D eigenvalue weighted by Crippen LogP contribution is 2.25. The Bertz CT molecular complexity index is 1250. The number of fused-ring (bicyclic) bond motifs is 3. The number of nitrogens with zero attached hydrogens (tertiary/aromatic N) is 4. The summed E-state index contributed by atoms with van der Waals surface area (Å²) < 4.78 is 6.93. The number of aryl methyl sites for hydroxylation is 1. The van der Waals surface area contributed by atoms with Gasteiger partial charge in [-0.3, -0.25) is 9.20 Å². The van der Waals surface area contributed by atoms with Crippen molar-refractivity contribution in [3.05, 3.63) is 59.9 Å². The monoisotopic (exact) mass is 421 g/mol. The van der Waals surface area contributed by atoms with E-state index in [1.807, 2.05) is 35.6 Å². The highest BCUT2D eigenvalue weighted by Gasteiger charge is 2.15. The molecule has 4 aromatic rings. The molecule has 152 valence electrons. The van der Waals surface area contributed by atoms with Crippen LogP contribution in [0.2, 0.25) is 0 Å². The van der Waals surface area contributed by atoms with Gasteiger partial charge in [-0.15, -0.1) is 10.2 Å². The summed E-state index contributed by atoms with van der Waals surface area (Å²) in [6.07, 6.45) is 0. The summed E-state index contributed by atoms with van der Waals surface area (Å²) in [4.78, 5) is 29.0. The van der Waals surface area contributed by atoms with Gasteiger partial charge < -0.3 is 10.1 Å². The smallest absolute Gasteiger partial charge is 0.338 e. The number of carbonyl (C=O) groups is 2. The first kappa shape index (κ1) is 19.8. The third-order valence-corrected chi connectivity index (χ3v) is 5.31. The Morgan fingerprint density at radius 3 is 2.80 bits per heavy atom. The first-order valence-corrected chi connectivity index (χ1v) is 10.4. The van der Waals surface area contributed by atoms with Crippen molar-refractivity contribution in [2.24, 2.45) is 0 Å². The minimum absolute atomic E-state index is 0.135. The molecule has 1 N–H and O–H groups in total. The van der Waals surface area contributed by atoms with E-state index in [1.54, 1.807) is 31.2 Å². The highest BCUT2D eigenvalue weighted by atomic mass is 32.2. The second-order valence-electron chi connectivity index (χ2n) is 6.45. The van der Waals surface area contributed by atoms with E-state index in [0.29, 0.717) is 28.5 Å². The number of para-hydroxylation sites is 2. The summed E-state index contributed by atoms with van der Waals surface area (Å²) in [5, 5.41) is 11.8. The molecule has 0 bridgehead atoms. The van der Waals surface area contributed by atoms with E-state index >= 15 is 0 Å². The number of benzene rings is 2. The Morgan fingerprint density at radius 2 is 1.97 bits per heavy atom. The van der Waals surface area contributed by atoms with Crippen LogP contribution in [0, 0.1) is 6.92 Å². The summed E-state index contributed by atoms with van der Waals surface area (Å²) in [5.74, 6) is 0.250. The maximum Gasteiger partial charge on any atom is 0.338 e. The number of thioether (sulfide) groups is 1. The van der Waals surface area contributed by atoms with E-state index in [0.717, 1.165) is 16.9 Å². The van der Waals surface area contributed by atoms with Gasteiger partial charge in [0.05, 0.1) is 29.0 Å². The van der Waals surface area contributed by atoms with Crippen molar-refractivity contribution in [2.75, 3.05) is 17.7 Å². The predicted molar refractivity (Wildman–Crippen MR) is 115 cm³/mol. The number of carbonyl (C=O) groups excluding carboxylic acids is 2. The summed E-state index contributed by atoms with van der Waals surface area (Å²) in [6, 6.07) is 14.4. The molecule has 0 saturated carbocycles. The number of anilines is 1. The number of hydrogen-bond acceptors (Lipinski definition) is 7. The molecule has 2 aromatic carbocycles. The molecule has 0 aliphatic carbocycles. The molecule has 2 heterocycles. The largest absolute Gasteiger partial charge is 0.462 e. The lowest BCUT2D eigenvalue weighted by Crippen LogP contribution is -2.15. The summed E-state index contributed by atoms with van der Waals surface area (Å²) in [7, 11) is 0. The minimum Gasteiger partial charge on any atom is -0.462 e. The van der Waals surface area contributed by atoms with Crippen LogP contribution in [0.5, 0.6) is 0 Å². The van der Waals surface area contributed by atoms with Crippen LogP contribution in [0.25, 0.3) is 16.7 Å². The van der Waals surface area contributed by atoms with Crippen LogP contribution in [-0.2, 0) is 9.53 Å². The number of nitrogens with one attached hydrogen (secondary N) is 1. The van der Waals surface area contributed by atoms with Gasteiger partial charge in [0.1, 0.15) is 10.9 Å². The molecular formula is C21H19N5O3S. The minimum atomic E-state index is -0.423. The van der Waals surface area contributed by atoms with E-state index in [9.17, 15) is 9.59 Å². The molecule has 30 heavy (non-hydrogen) atoms. The van der Waals surface area contributed by atoms with Crippen LogP contribution in [-0.4, -0.2) is 43.8 Å². The van der Waals surface area contributed by atoms with Crippen molar-refractivity contribution in [3.8, 4) is 0 Å². The van der Waals surface area contributed by atoms with Gasteiger partial charge in [0.2, 0.25) is 5.91 Å². The average Bonchev–Trinajstić information content (AvgIpc) is 3.14. The lowest BCUT2D eigenvalue weighted by molar-refractivity contribution is -0.113. The van der Waals surface area contributed by atoms with Gasteiger partial charge in [-0.25, -0.2) is 9.78 Å². The molecule has 0 spiro atoms. The molecule has 0 unspecified atom stereocenters. The summed E-state index contributed by atoms with van der Waals surface area (Å²) >= 11 is 1.29. The zero-order valence-electron chi connectivity index (χ0n) is 16.5. The van der Waals surface area contributed by atoms with E-state index < -0.39 is 5.97 Å². The highest BCUT2D eigenvalue weighted by molar-refractivity contribution is 8.00. The standard InChI is InChI=1S/C21H19N5O3S/c1-3-29-21(28)14-7-6-8-15(11-14)22-18(27)12-30-20-19-25-24-13(2)26(19)17-10-5-4-9-16(17)23-20/h4-11H,3,12H2,1-2H3,(H,22,27). The molecular weight excluding hydrogens is 402 g/mol. The maximum absolute atomic E-state index is 12.5. The van der Waals surface area contributed by atoms with Crippen molar-refractivity contribution in [1.82, 2.24) is 19.6 Å². The van der Waals surface area contributed by atoms with E-state index in [1.165, 1.54) is 11.8 Å². The molecule has 8 nitrogen and oxygen atoms in total. The fourth-order valence-electron chi connectivity index (χ4n) is 3.06. The van der Waals surface area contributed by atoms with Crippen LogP contribution in [0.15, 0.2) is 53.6 Å². The molecule has 0 saturated heterocycles. The van der Waals surface area contributed by atoms with Crippen LogP contribution < -0.4 is 5.32 Å². The predicted octanol–water partition coefficient (Wildman–Crippen LogP) is 3.49. The van der Waals surface area contributed by atoms with E-state index in [2.05, 4.69) is 20.5 Å². The van der Waals surface area contributed by atoms with Crippen molar-refractivity contribution in [1.29, 1.82) is 0 Å². The Kier molecular flexibility index (Phi) is 5.62. The van der Waals surface area contributed by atoms with Gasteiger partial charge in [-0.2, -0.15) is 0 Å². The van der Waals surface area contributed by atoms with Crippen LogP contribution in [0.4, 0.5) is 5.69 Å². The molecule has 2 aromatic heterocycles. The van der Waals surface area contributed by atoms with Crippen molar-refractivity contribution < 1.29 is 14.3 Å². The Hall–Kier alpha value is -3.46. The average molecular weight is 421 g/mol. The number of hydrogen-bond donors (Lipinski definition) is 1. The van der Waals surface area contributed by atoms with Crippen LogP contribution >= 0.6 is 11.8 Å². The zero-order chi connectivity index (χ0) is 21.1. The van der Waals surface area contributed by atoms with Gasteiger partial charge in [-0.1, -0.05) is 30.0 Å². The lowest BCUT2D eigenvalue weighted by Gasteiger charge is -2.09. The van der Waals surface area contributed by atoms with Crippen molar-refractivity contribution in [3.63, 3.8) is 0 Å². The van der Waals surface area contributed by atoms with Crippen LogP contribution in [0.1, 0.15) is 23.1 Å². The van der Waals surface area contributed by atoms with Crippen molar-refractivity contribution >= 4 is 46.0 Å². The first-order chi connectivity index (χ1) is 14.6. The quantitative estimate of drug-likeness (QED) is 0.376. The van der Waals surface area contributed by atoms with Gasteiger partial charge in [0, 0.05) is 5.69 Å². The van der Waals surface area contributed by atoms with Gasteiger partial charge >= 0.3 is 5.97 Å². The SMILES string of the molecule is CCOC(=O)c1cccc(NC(=O)CSc2nc3ccccc3n3c(C)nnc23)c1. The second-order valence-corrected chi connectivity index (χ2v) is 7.41. The number of aromatic nitrogens is 4. The number of esters is 1. The van der Waals surface area contributed by atoms with E-state index in [4.69, 9.17) is 4.74 Å². The molecule has 0 radical (unpaired) electrons. The summed E-state index contributed by atoms with van der Waals surface area (Å²) in [5.41, 5.74) is 3.26. The first-order valence-electron chi connectivity index (χ1n) is 9.37. The molecule has 0 atom stereocenters. The topological polar surface area (TPSA) is 98.5 Å². The number of rotatable bonds is 6. The fourth-order valence-corrected chi connectivity index (χ4v) is 3.83. The fraction of sp³-hybridized carbons (Fsp3) is 0.190. The number of amides is 1. The van der Waals surface area contributed by atoms with Crippen molar-refractivity contribution in [2.45, 2.75) is 18.9 Å². The molecule has 4 rings (SSSR count). The molecule has 0 aliphatic heterocycles. The van der Waals surface area contributed by atoms with Gasteiger partial charge in [0.15, 0.2) is 5.65 Å². The third-order valence-electron chi connectivity index (χ3n) is 4.36. The maximum atomic E-state index is 12.5. The normalized spacial score (nSPS) is 11.0. The molecule has 9 heteroatoms. The van der Waals surface area contributed by atoms with Gasteiger partial charge in [-0.05, 0) is 44.2 Å². The molecule has 0 aliphatic rings. The van der Waals surface area contributed by atoms with Gasteiger partial charge in [0.25, 0.3) is 0 Å². The Labute approximate surface area is 176 Å². The Balaban J connectivity index is 1.51. The zero-order valence-corrected chi connectivity index (χ0v) is 17.3. The second kappa shape index (κ2) is 8.50.